The fourth-order valence-corrected chi connectivity index (χ4v) is 2.60. The van der Waals surface area contributed by atoms with Crippen LogP contribution in [0.15, 0.2) is 24.3 Å². The molecule has 0 aromatic heterocycles. The van der Waals surface area contributed by atoms with Crippen LogP contribution in [-0.4, -0.2) is 52.7 Å². The zero-order valence-corrected chi connectivity index (χ0v) is 16.6. The molecule has 0 fully saturated rings. The Kier molecular flexibility index (Phi) is 7.78. The van der Waals surface area contributed by atoms with Crippen molar-refractivity contribution in [2.24, 2.45) is 0 Å². The van der Waals surface area contributed by atoms with E-state index in [-0.39, 0.29) is 5.02 Å². The van der Waals surface area contributed by atoms with E-state index in [0.717, 1.165) is 12.1 Å². The lowest BCUT2D eigenvalue weighted by molar-refractivity contribution is -0.462. The van der Waals surface area contributed by atoms with Gasteiger partial charge in [0.2, 0.25) is 0 Å². The number of halogens is 18. The first kappa shape index (κ1) is 31.3. The van der Waals surface area contributed by atoms with Crippen LogP contribution in [-0.2, 0) is 0 Å². The van der Waals surface area contributed by atoms with Crippen LogP contribution in [0.25, 0.3) is 0 Å². The van der Waals surface area contributed by atoms with Crippen molar-refractivity contribution in [1.29, 1.82) is 0 Å². The van der Waals surface area contributed by atoms with E-state index in [0.29, 0.717) is 12.1 Å². The van der Waals surface area contributed by atoms with E-state index in [4.69, 9.17) is 11.6 Å². The summed E-state index contributed by atoms with van der Waals surface area (Å²) in [5, 5.41) is 9.13. The smallest absolute Gasteiger partial charge is 0.388 e. The highest BCUT2D eigenvalue weighted by Gasteiger charge is 2.95. The van der Waals surface area contributed by atoms with Crippen molar-refractivity contribution in [1.82, 2.24) is 0 Å². The summed E-state index contributed by atoms with van der Waals surface area (Å²) in [6.07, 6.45) is -13.7. The molecule has 0 aliphatic carbocycles. The Labute approximate surface area is 187 Å². The number of rotatable bonds is 9. The zero-order valence-electron chi connectivity index (χ0n) is 15.8. The largest absolute Gasteiger partial charge is 0.460 e. The van der Waals surface area contributed by atoms with Crippen molar-refractivity contribution in [3.8, 4) is 0 Å². The Morgan fingerprint density at radius 3 is 1.34 bits per heavy atom. The van der Waals surface area contributed by atoms with Crippen LogP contribution in [0.5, 0.6) is 0 Å². The first-order valence-electron chi connectivity index (χ1n) is 8.28. The van der Waals surface area contributed by atoms with Gasteiger partial charge in [0.05, 0.1) is 6.10 Å². The molecule has 19 heteroatoms. The molecule has 1 N–H and O–H groups in total. The summed E-state index contributed by atoms with van der Waals surface area (Å²) >= 11 is 5.38. The lowest BCUT2D eigenvalue weighted by Gasteiger charge is -2.43. The normalized spacial score (nSPS) is 16.4. The summed E-state index contributed by atoms with van der Waals surface area (Å²) in [6, 6.07) is 3.12. The van der Waals surface area contributed by atoms with E-state index in [2.05, 4.69) is 0 Å². The number of aliphatic hydroxyl groups excluding tert-OH is 1. The second-order valence-electron chi connectivity index (χ2n) is 6.92. The van der Waals surface area contributed by atoms with Gasteiger partial charge in [-0.3, -0.25) is 0 Å². The molecule has 0 spiro atoms. The van der Waals surface area contributed by atoms with Crippen molar-refractivity contribution in [2.75, 3.05) is 0 Å². The molecule has 1 unspecified atom stereocenters. The summed E-state index contributed by atoms with van der Waals surface area (Å²) in [7, 11) is 0. The molecule has 1 aromatic rings. The van der Waals surface area contributed by atoms with Crippen LogP contribution in [0.4, 0.5) is 74.6 Å². The second kappa shape index (κ2) is 8.69. The second-order valence-corrected chi connectivity index (χ2v) is 7.36. The van der Waals surface area contributed by atoms with Crippen LogP contribution < -0.4 is 0 Å². The molecule has 0 heterocycles. The van der Waals surface area contributed by atoms with Gasteiger partial charge in [-0.1, -0.05) is 23.7 Å². The Morgan fingerprint density at radius 2 is 0.971 bits per heavy atom. The standard InChI is InChI=1S/C16H8ClF17O/c17-7-3-1-2-6(4-7)8(35)5-9(18,19)10(20,21)11(22,23)12(24,25)13(26,27)14(28,29)15(30,31)16(32,33)34/h1-4,8,35H,5H2. The van der Waals surface area contributed by atoms with E-state index < -0.39 is 65.7 Å². The molecule has 1 nitrogen and oxygen atoms in total. The van der Waals surface area contributed by atoms with Crippen LogP contribution in [0, 0.1) is 0 Å². The highest BCUT2D eigenvalue weighted by Crippen LogP contribution is 2.64. The average Bonchev–Trinajstić information content (AvgIpc) is 2.65. The van der Waals surface area contributed by atoms with Crippen LogP contribution in [0.1, 0.15) is 18.1 Å². The van der Waals surface area contributed by atoms with Crippen molar-refractivity contribution in [2.45, 2.75) is 60.2 Å². The Hall–Kier alpha value is -1.72. The fraction of sp³-hybridized carbons (Fsp3) is 0.625. The van der Waals surface area contributed by atoms with Gasteiger partial charge in [0.1, 0.15) is 0 Å². The third-order valence-electron chi connectivity index (χ3n) is 4.47. The minimum absolute atomic E-state index is 0.374. The SMILES string of the molecule is OC(CC(F)(F)C(F)(F)C(F)(F)C(F)(F)C(F)(F)C(F)(F)C(F)(F)C(F)(F)F)c1cccc(Cl)c1. The summed E-state index contributed by atoms with van der Waals surface area (Å²) in [4.78, 5) is 0. The van der Waals surface area contributed by atoms with Gasteiger partial charge >= 0.3 is 47.6 Å². The molecule has 1 aromatic carbocycles. The van der Waals surface area contributed by atoms with E-state index in [1.165, 1.54) is 0 Å². The number of aliphatic hydroxyl groups is 1. The van der Waals surface area contributed by atoms with Crippen molar-refractivity contribution in [3.63, 3.8) is 0 Å². The first-order chi connectivity index (χ1) is 15.1. The molecular weight excluding hydrogens is 567 g/mol. The van der Waals surface area contributed by atoms with E-state index in [1.807, 2.05) is 0 Å². The van der Waals surface area contributed by atoms with Gasteiger partial charge in [0.25, 0.3) is 0 Å². The molecule has 0 bridgehead atoms. The van der Waals surface area contributed by atoms with Crippen molar-refractivity contribution < 1.29 is 79.7 Å². The molecule has 0 radical (unpaired) electrons. The molecule has 0 aliphatic rings. The molecule has 1 rings (SSSR count). The maximum absolute atomic E-state index is 13.9. The topological polar surface area (TPSA) is 20.2 Å². The van der Waals surface area contributed by atoms with Gasteiger partial charge in [0.15, 0.2) is 0 Å². The van der Waals surface area contributed by atoms with Crippen molar-refractivity contribution >= 4 is 11.6 Å². The van der Waals surface area contributed by atoms with E-state index in [1.54, 1.807) is 0 Å². The fourth-order valence-electron chi connectivity index (χ4n) is 2.40. The van der Waals surface area contributed by atoms with Crippen LogP contribution in [0.2, 0.25) is 5.02 Å². The van der Waals surface area contributed by atoms with Gasteiger partial charge < -0.3 is 5.11 Å². The predicted molar refractivity (Wildman–Crippen MR) is 81.7 cm³/mol. The first-order valence-corrected chi connectivity index (χ1v) is 8.66. The zero-order chi connectivity index (χ0) is 28.3. The molecule has 0 amide bonds. The third-order valence-corrected chi connectivity index (χ3v) is 4.71. The quantitative estimate of drug-likeness (QED) is 0.299. The maximum atomic E-state index is 13.9. The Morgan fingerprint density at radius 1 is 0.600 bits per heavy atom. The Balaban J connectivity index is 3.54. The average molecular weight is 575 g/mol. The molecule has 204 valence electrons. The number of hydrogen-bond donors (Lipinski definition) is 1. The van der Waals surface area contributed by atoms with E-state index >= 15 is 0 Å². The molecular formula is C16H8ClF17O. The van der Waals surface area contributed by atoms with E-state index in [9.17, 15) is 79.7 Å². The minimum Gasteiger partial charge on any atom is -0.388 e. The number of alkyl halides is 17. The highest BCUT2D eigenvalue weighted by molar-refractivity contribution is 6.30. The monoisotopic (exact) mass is 574 g/mol. The Bertz CT molecular complexity index is 908. The lowest BCUT2D eigenvalue weighted by atomic mass is 9.87. The van der Waals surface area contributed by atoms with Crippen LogP contribution >= 0.6 is 11.6 Å². The van der Waals surface area contributed by atoms with Gasteiger partial charge in [-0.15, -0.1) is 0 Å². The van der Waals surface area contributed by atoms with Gasteiger partial charge in [-0.2, -0.15) is 74.6 Å². The van der Waals surface area contributed by atoms with Gasteiger partial charge in [-0.05, 0) is 17.7 Å². The lowest BCUT2D eigenvalue weighted by Crippen LogP contribution is -2.74. The van der Waals surface area contributed by atoms with Gasteiger partial charge in [-0.25, -0.2) is 0 Å². The minimum atomic E-state index is -8.69. The summed E-state index contributed by atoms with van der Waals surface area (Å²) in [5.74, 6) is -57.0. The highest BCUT2D eigenvalue weighted by atomic mass is 35.5. The van der Waals surface area contributed by atoms with Crippen molar-refractivity contribution in [3.05, 3.63) is 34.9 Å². The molecule has 35 heavy (non-hydrogen) atoms. The molecule has 0 saturated carbocycles. The molecule has 1 atom stereocenters. The summed E-state index contributed by atoms with van der Waals surface area (Å²) < 4.78 is 224. The number of benzene rings is 1. The summed E-state index contributed by atoms with van der Waals surface area (Å²) in [5.41, 5.74) is -0.843. The maximum Gasteiger partial charge on any atom is 0.460 e. The summed E-state index contributed by atoms with van der Waals surface area (Å²) in [6.45, 7) is 0. The molecule has 0 saturated heterocycles. The predicted octanol–water partition coefficient (Wildman–Crippen LogP) is 7.77. The van der Waals surface area contributed by atoms with Gasteiger partial charge in [0, 0.05) is 11.4 Å². The number of hydrogen-bond acceptors (Lipinski definition) is 1. The third kappa shape index (κ3) is 4.59. The molecule has 0 aliphatic heterocycles. The van der Waals surface area contributed by atoms with Crippen LogP contribution in [0.3, 0.4) is 0 Å².